The number of esters is 2. The standard InChI is InChI=1S/C27H29NO6S/c1-5-33-26(30)21-15(3)28-20-13-19(16-8-7-9-18(12-16)32-4)23(27(31)34-6-2)25(29)24(20)22(21)17-10-11-35-14-17/h7-12,14,19,22-23,28H,5-6,13H2,1-4H3/t19-,22-,23+/m0/s1. The lowest BCUT2D eigenvalue weighted by Gasteiger charge is -2.39. The summed E-state index contributed by atoms with van der Waals surface area (Å²) < 4.78 is 16.1. The van der Waals surface area contributed by atoms with Crippen LogP contribution >= 0.6 is 11.3 Å². The van der Waals surface area contributed by atoms with Gasteiger partial charge >= 0.3 is 11.9 Å². The van der Waals surface area contributed by atoms with E-state index in [0.29, 0.717) is 34.7 Å². The van der Waals surface area contributed by atoms with E-state index in [1.807, 2.05) is 48.0 Å². The molecule has 8 heteroatoms. The highest BCUT2D eigenvalue weighted by Crippen LogP contribution is 2.48. The predicted molar refractivity (Wildman–Crippen MR) is 132 cm³/mol. The van der Waals surface area contributed by atoms with Gasteiger partial charge in [0.25, 0.3) is 0 Å². The fourth-order valence-corrected chi connectivity index (χ4v) is 5.66. The quantitative estimate of drug-likeness (QED) is 0.448. The lowest BCUT2D eigenvalue weighted by atomic mass is 9.67. The Bertz CT molecular complexity index is 1200. The zero-order valence-corrected chi connectivity index (χ0v) is 21.1. The summed E-state index contributed by atoms with van der Waals surface area (Å²) in [6, 6.07) is 9.31. The number of benzene rings is 1. The van der Waals surface area contributed by atoms with Crippen LogP contribution in [0.4, 0.5) is 0 Å². The molecule has 0 saturated carbocycles. The molecule has 1 N–H and O–H groups in total. The number of dihydropyridines is 1. The van der Waals surface area contributed by atoms with Crippen LogP contribution in [0.5, 0.6) is 5.75 Å². The van der Waals surface area contributed by atoms with E-state index in [1.54, 1.807) is 21.0 Å². The lowest BCUT2D eigenvalue weighted by molar-refractivity contribution is -0.152. The summed E-state index contributed by atoms with van der Waals surface area (Å²) in [6.45, 7) is 5.67. The maximum atomic E-state index is 14.2. The van der Waals surface area contributed by atoms with Gasteiger partial charge in [0.1, 0.15) is 11.7 Å². The van der Waals surface area contributed by atoms with Crippen molar-refractivity contribution in [3.8, 4) is 5.75 Å². The molecule has 1 aliphatic heterocycles. The largest absolute Gasteiger partial charge is 0.497 e. The molecule has 0 spiro atoms. The van der Waals surface area contributed by atoms with Crippen LogP contribution in [0, 0.1) is 5.92 Å². The first-order valence-electron chi connectivity index (χ1n) is 11.7. The summed E-state index contributed by atoms with van der Waals surface area (Å²) in [5.74, 6) is -2.83. The fraction of sp³-hybridized carbons (Fsp3) is 0.370. The Labute approximate surface area is 208 Å². The van der Waals surface area contributed by atoms with Crippen molar-refractivity contribution in [1.29, 1.82) is 0 Å². The third kappa shape index (κ3) is 4.62. The van der Waals surface area contributed by atoms with E-state index in [0.717, 1.165) is 11.1 Å². The smallest absolute Gasteiger partial charge is 0.336 e. The van der Waals surface area contributed by atoms with Crippen molar-refractivity contribution in [1.82, 2.24) is 5.32 Å². The molecule has 1 aromatic heterocycles. The first-order valence-corrected chi connectivity index (χ1v) is 12.6. The van der Waals surface area contributed by atoms with Crippen molar-refractivity contribution in [2.24, 2.45) is 5.92 Å². The molecule has 0 unspecified atom stereocenters. The third-order valence-electron chi connectivity index (χ3n) is 6.45. The van der Waals surface area contributed by atoms with E-state index in [9.17, 15) is 14.4 Å². The van der Waals surface area contributed by atoms with Gasteiger partial charge in [-0.15, -0.1) is 0 Å². The Hall–Kier alpha value is -3.39. The molecule has 7 nitrogen and oxygen atoms in total. The van der Waals surface area contributed by atoms with Gasteiger partial charge in [-0.3, -0.25) is 9.59 Å². The minimum Gasteiger partial charge on any atom is -0.497 e. The maximum Gasteiger partial charge on any atom is 0.336 e. The van der Waals surface area contributed by atoms with Crippen LogP contribution in [-0.2, 0) is 23.9 Å². The van der Waals surface area contributed by atoms with Crippen molar-refractivity contribution in [3.63, 3.8) is 0 Å². The van der Waals surface area contributed by atoms with Crippen LogP contribution in [0.2, 0.25) is 0 Å². The summed E-state index contributed by atoms with van der Waals surface area (Å²) in [7, 11) is 1.58. The molecule has 2 heterocycles. The lowest BCUT2D eigenvalue weighted by Crippen LogP contribution is -2.43. The van der Waals surface area contributed by atoms with Crippen LogP contribution < -0.4 is 10.1 Å². The number of hydrogen-bond acceptors (Lipinski definition) is 8. The van der Waals surface area contributed by atoms with E-state index in [2.05, 4.69) is 5.32 Å². The van der Waals surface area contributed by atoms with E-state index >= 15 is 0 Å². The predicted octanol–water partition coefficient (Wildman–Crippen LogP) is 4.47. The van der Waals surface area contributed by atoms with Crippen molar-refractivity contribution in [2.75, 3.05) is 20.3 Å². The number of hydrogen-bond donors (Lipinski definition) is 1. The number of nitrogens with one attached hydrogen (secondary N) is 1. The van der Waals surface area contributed by atoms with Crippen molar-refractivity contribution in [3.05, 3.63) is 74.8 Å². The minimum atomic E-state index is -1.04. The molecule has 2 aromatic rings. The van der Waals surface area contributed by atoms with Crippen molar-refractivity contribution >= 4 is 29.1 Å². The summed E-state index contributed by atoms with van der Waals surface area (Å²) in [5, 5.41) is 7.14. The van der Waals surface area contributed by atoms with E-state index in [4.69, 9.17) is 14.2 Å². The topological polar surface area (TPSA) is 90.9 Å². The van der Waals surface area contributed by atoms with Crippen LogP contribution in [0.15, 0.2) is 63.6 Å². The van der Waals surface area contributed by atoms with Gasteiger partial charge < -0.3 is 19.5 Å². The molecule has 0 radical (unpaired) electrons. The molecular formula is C27H29NO6S. The average Bonchev–Trinajstić information content (AvgIpc) is 3.38. The fourth-order valence-electron chi connectivity index (χ4n) is 4.97. The Morgan fingerprint density at radius 2 is 1.89 bits per heavy atom. The first-order chi connectivity index (χ1) is 16.9. The number of allylic oxidation sites excluding steroid dienone is 3. The number of methoxy groups -OCH3 is 1. The van der Waals surface area contributed by atoms with Crippen LogP contribution in [0.25, 0.3) is 0 Å². The Morgan fingerprint density at radius 3 is 2.54 bits per heavy atom. The van der Waals surface area contributed by atoms with Gasteiger partial charge in [0.05, 0.1) is 25.9 Å². The molecule has 1 aromatic carbocycles. The highest BCUT2D eigenvalue weighted by atomic mass is 32.1. The molecule has 184 valence electrons. The van der Waals surface area contributed by atoms with E-state index in [1.165, 1.54) is 11.3 Å². The van der Waals surface area contributed by atoms with E-state index in [-0.39, 0.29) is 19.0 Å². The van der Waals surface area contributed by atoms with Gasteiger partial charge in [-0.1, -0.05) is 12.1 Å². The van der Waals surface area contributed by atoms with Gasteiger partial charge in [-0.2, -0.15) is 11.3 Å². The first kappa shape index (κ1) is 24.7. The van der Waals surface area contributed by atoms with Gasteiger partial charge in [0.15, 0.2) is 5.78 Å². The Kier molecular flexibility index (Phi) is 7.40. The summed E-state index contributed by atoms with van der Waals surface area (Å²) in [4.78, 5) is 40.3. The minimum absolute atomic E-state index is 0.165. The second-order valence-electron chi connectivity index (χ2n) is 8.45. The second-order valence-corrected chi connectivity index (χ2v) is 9.23. The zero-order valence-electron chi connectivity index (χ0n) is 20.3. The summed E-state index contributed by atoms with van der Waals surface area (Å²) in [5.41, 5.74) is 3.81. The molecule has 0 saturated heterocycles. The molecule has 1 aliphatic carbocycles. The third-order valence-corrected chi connectivity index (χ3v) is 7.16. The molecular weight excluding hydrogens is 466 g/mol. The molecule has 2 aliphatic rings. The number of ether oxygens (including phenoxy) is 3. The second kappa shape index (κ2) is 10.5. The Morgan fingerprint density at radius 1 is 1.11 bits per heavy atom. The van der Waals surface area contributed by atoms with Gasteiger partial charge in [0, 0.05) is 28.8 Å². The normalized spacial score (nSPS) is 21.8. The number of carbonyl (C=O) groups excluding carboxylic acids is 3. The molecule has 0 fully saturated rings. The van der Waals surface area contributed by atoms with Gasteiger partial charge in [-0.05, 0) is 67.3 Å². The summed E-state index contributed by atoms with van der Waals surface area (Å²) >= 11 is 1.48. The maximum absolute atomic E-state index is 14.2. The SMILES string of the molecule is CCOC(=O)C1=C(C)NC2=C(C(=O)[C@H](C(=O)OCC)[C@H](c3cccc(OC)c3)C2)[C@H]1c1ccsc1. The van der Waals surface area contributed by atoms with Crippen molar-refractivity contribution in [2.45, 2.75) is 39.0 Å². The number of rotatable bonds is 7. The zero-order chi connectivity index (χ0) is 25.1. The van der Waals surface area contributed by atoms with Crippen molar-refractivity contribution < 1.29 is 28.6 Å². The summed E-state index contributed by atoms with van der Waals surface area (Å²) in [6.07, 6.45) is 0.409. The van der Waals surface area contributed by atoms with E-state index < -0.39 is 29.7 Å². The monoisotopic (exact) mass is 495 g/mol. The Balaban J connectivity index is 1.87. The molecule has 4 rings (SSSR count). The average molecular weight is 496 g/mol. The molecule has 3 atom stereocenters. The molecule has 0 bridgehead atoms. The molecule has 35 heavy (non-hydrogen) atoms. The van der Waals surface area contributed by atoms with Crippen LogP contribution in [0.1, 0.15) is 50.2 Å². The number of carbonyl (C=O) groups is 3. The van der Waals surface area contributed by atoms with Crippen LogP contribution in [-0.4, -0.2) is 38.0 Å². The van der Waals surface area contributed by atoms with Crippen LogP contribution in [0.3, 0.4) is 0 Å². The highest BCUT2D eigenvalue weighted by Gasteiger charge is 2.49. The number of Topliss-reactive ketones (excluding diaryl/α,β-unsaturated/α-hetero) is 1. The van der Waals surface area contributed by atoms with Gasteiger partial charge in [-0.25, -0.2) is 4.79 Å². The highest BCUT2D eigenvalue weighted by molar-refractivity contribution is 7.08. The molecule has 0 amide bonds. The van der Waals surface area contributed by atoms with Gasteiger partial charge in [0.2, 0.25) is 0 Å². The number of thiophene rings is 1. The number of ketones is 1.